The van der Waals surface area contributed by atoms with Crippen molar-refractivity contribution >= 4 is 28.7 Å². The molecular formula is C27H26N4O5. The van der Waals surface area contributed by atoms with E-state index in [9.17, 15) is 14.7 Å². The maximum Gasteiger partial charge on any atom is 0.322 e. The molecule has 9 nitrogen and oxygen atoms in total. The number of hydrogen-bond donors (Lipinski definition) is 5. The monoisotopic (exact) mass is 486 g/mol. The van der Waals surface area contributed by atoms with Crippen molar-refractivity contribution in [1.82, 2.24) is 4.98 Å². The van der Waals surface area contributed by atoms with Gasteiger partial charge in [-0.05, 0) is 34.9 Å². The molecule has 0 fully saturated rings. The first-order valence-corrected chi connectivity index (χ1v) is 11.2. The second-order valence-electron chi connectivity index (χ2n) is 8.29. The molecule has 9 heteroatoms. The third-order valence-corrected chi connectivity index (χ3v) is 5.82. The highest BCUT2D eigenvalue weighted by Gasteiger charge is 2.36. The molecule has 7 N–H and O–H groups in total. The molecule has 1 heterocycles. The summed E-state index contributed by atoms with van der Waals surface area (Å²) in [6.07, 6.45) is 1.60. The number of amidine groups is 1. The van der Waals surface area contributed by atoms with E-state index >= 15 is 0 Å². The molecule has 0 saturated heterocycles. The van der Waals surface area contributed by atoms with E-state index in [1.54, 1.807) is 60.8 Å². The lowest BCUT2D eigenvalue weighted by Crippen LogP contribution is -2.35. The van der Waals surface area contributed by atoms with Crippen molar-refractivity contribution in [3.8, 4) is 5.75 Å². The highest BCUT2D eigenvalue weighted by molar-refractivity contribution is 5.96. The molecule has 0 radical (unpaired) electrons. The van der Waals surface area contributed by atoms with Crippen molar-refractivity contribution in [2.45, 2.75) is 19.3 Å². The zero-order valence-corrected chi connectivity index (χ0v) is 19.3. The fourth-order valence-corrected chi connectivity index (χ4v) is 3.83. The quantitative estimate of drug-likeness (QED) is 0.0991. The maximum absolute atomic E-state index is 12.7. The minimum atomic E-state index is -1.59. The molecule has 2 unspecified atom stereocenters. The fourth-order valence-electron chi connectivity index (χ4n) is 3.83. The van der Waals surface area contributed by atoms with Gasteiger partial charge in [-0.25, -0.2) is 0 Å². The lowest BCUT2D eigenvalue weighted by atomic mass is 9.93. The van der Waals surface area contributed by atoms with Crippen LogP contribution in [-0.2, 0) is 27.5 Å². The average Bonchev–Trinajstić information content (AvgIpc) is 3.30. The maximum atomic E-state index is 12.7. The van der Waals surface area contributed by atoms with Gasteiger partial charge in [0.15, 0.2) is 5.92 Å². The molecule has 4 aromatic rings. The summed E-state index contributed by atoms with van der Waals surface area (Å²) in [4.78, 5) is 27.7. The lowest BCUT2D eigenvalue weighted by molar-refractivity contribution is -0.160. The minimum Gasteiger partial charge on any atom is -0.489 e. The largest absolute Gasteiger partial charge is 0.489 e. The van der Waals surface area contributed by atoms with Gasteiger partial charge >= 0.3 is 11.9 Å². The molecule has 0 spiro atoms. The van der Waals surface area contributed by atoms with E-state index in [2.05, 4.69) is 4.98 Å². The second kappa shape index (κ2) is 10.7. The summed E-state index contributed by atoms with van der Waals surface area (Å²) in [5, 5.41) is 17.9. The van der Waals surface area contributed by atoms with Crippen molar-refractivity contribution < 1.29 is 24.2 Å². The predicted molar refractivity (Wildman–Crippen MR) is 134 cm³/mol. The van der Waals surface area contributed by atoms with Gasteiger partial charge in [0.2, 0.25) is 0 Å². The van der Waals surface area contributed by atoms with E-state index < -0.39 is 23.9 Å². The summed E-state index contributed by atoms with van der Waals surface area (Å²) >= 11 is 0. The van der Waals surface area contributed by atoms with Crippen LogP contribution in [0.3, 0.4) is 0 Å². The second-order valence-corrected chi connectivity index (χ2v) is 8.29. The number of benzene rings is 3. The standard InChI is InChI=1S/C27H26N4O5/c28-24(23(26(32)33)27(34)36-15-16-4-2-1-3-5-16)21-13-31-22-11-10-19(12-20(21)22)35-14-17-6-8-18(9-7-17)25(29)30/h1-13,23-24,31H,14-15,28H2,(H3,29,30)(H,32,33). The number of ether oxygens (including phenoxy) is 2. The van der Waals surface area contributed by atoms with Crippen LogP contribution in [0.1, 0.15) is 28.3 Å². The number of carbonyl (C=O) groups is 2. The van der Waals surface area contributed by atoms with Crippen LogP contribution in [0.5, 0.6) is 5.75 Å². The van der Waals surface area contributed by atoms with Gasteiger partial charge in [-0.1, -0.05) is 54.6 Å². The Morgan fingerprint density at radius 2 is 1.67 bits per heavy atom. The van der Waals surface area contributed by atoms with Crippen LogP contribution in [0, 0.1) is 11.3 Å². The SMILES string of the molecule is N=C(N)c1ccc(COc2ccc3[nH]cc(C(N)C(C(=O)O)C(=O)OCc4ccccc4)c3c2)cc1. The minimum absolute atomic E-state index is 0.00661. The number of H-pyrrole nitrogens is 1. The number of rotatable bonds is 10. The van der Waals surface area contributed by atoms with Gasteiger partial charge in [0.1, 0.15) is 24.8 Å². The van der Waals surface area contributed by atoms with Gasteiger partial charge in [-0.15, -0.1) is 0 Å². The Balaban J connectivity index is 1.50. The Bertz CT molecular complexity index is 1380. The van der Waals surface area contributed by atoms with Crippen molar-refractivity contribution in [1.29, 1.82) is 5.41 Å². The summed E-state index contributed by atoms with van der Waals surface area (Å²) in [6, 6.07) is 20.3. The van der Waals surface area contributed by atoms with Crippen LogP contribution >= 0.6 is 0 Å². The number of aliphatic carboxylic acids is 1. The lowest BCUT2D eigenvalue weighted by Gasteiger charge is -2.19. The Morgan fingerprint density at radius 3 is 2.33 bits per heavy atom. The number of esters is 1. The number of carboxylic acids is 1. The van der Waals surface area contributed by atoms with Crippen molar-refractivity contribution in [3.05, 3.63) is 101 Å². The van der Waals surface area contributed by atoms with Crippen molar-refractivity contribution in [2.24, 2.45) is 17.4 Å². The number of nitrogens with two attached hydrogens (primary N) is 2. The number of carbonyl (C=O) groups excluding carboxylic acids is 1. The van der Waals surface area contributed by atoms with Crippen LogP contribution in [0.25, 0.3) is 10.9 Å². The fraction of sp³-hybridized carbons (Fsp3) is 0.148. The van der Waals surface area contributed by atoms with E-state index in [-0.39, 0.29) is 19.0 Å². The zero-order chi connectivity index (χ0) is 25.7. The van der Waals surface area contributed by atoms with Gasteiger partial charge in [-0.3, -0.25) is 15.0 Å². The first-order chi connectivity index (χ1) is 17.3. The van der Waals surface area contributed by atoms with Crippen LogP contribution in [-0.4, -0.2) is 27.9 Å². The number of aromatic nitrogens is 1. The number of aromatic amines is 1. The van der Waals surface area contributed by atoms with E-state index in [4.69, 9.17) is 26.4 Å². The van der Waals surface area contributed by atoms with E-state index in [1.807, 2.05) is 18.2 Å². The Kier molecular flexibility index (Phi) is 7.31. The molecule has 3 aromatic carbocycles. The van der Waals surface area contributed by atoms with Gasteiger partial charge < -0.3 is 31.0 Å². The Hall–Kier alpha value is -4.63. The summed E-state index contributed by atoms with van der Waals surface area (Å²) in [5.41, 5.74) is 15.2. The predicted octanol–water partition coefficient (Wildman–Crippen LogP) is 3.47. The smallest absolute Gasteiger partial charge is 0.322 e. The number of fused-ring (bicyclic) bond motifs is 1. The summed E-state index contributed by atoms with van der Waals surface area (Å²) in [7, 11) is 0. The number of hydrogen-bond acceptors (Lipinski definition) is 6. The number of carboxylic acid groups (broad SMARTS) is 1. The van der Waals surface area contributed by atoms with Crippen LogP contribution in [0.15, 0.2) is 79.0 Å². The molecule has 1 aromatic heterocycles. The molecule has 0 amide bonds. The molecule has 0 aliphatic rings. The topological polar surface area (TPSA) is 165 Å². The third kappa shape index (κ3) is 5.53. The van der Waals surface area contributed by atoms with Gasteiger partial charge in [0.25, 0.3) is 0 Å². The Labute approximate surface area is 207 Å². The summed E-state index contributed by atoms with van der Waals surface area (Å²) in [5.74, 6) is -3.32. The molecule has 0 aliphatic carbocycles. The molecule has 0 aliphatic heterocycles. The average molecular weight is 487 g/mol. The Morgan fingerprint density at radius 1 is 0.972 bits per heavy atom. The normalized spacial score (nSPS) is 12.6. The number of nitrogen functional groups attached to an aromatic ring is 1. The molecule has 0 saturated carbocycles. The molecule has 36 heavy (non-hydrogen) atoms. The molecular weight excluding hydrogens is 460 g/mol. The van der Waals surface area contributed by atoms with E-state index in [1.165, 1.54) is 0 Å². The van der Waals surface area contributed by atoms with Crippen LogP contribution in [0.2, 0.25) is 0 Å². The first kappa shape index (κ1) is 24.5. The molecule has 2 atom stereocenters. The highest BCUT2D eigenvalue weighted by Crippen LogP contribution is 2.31. The summed E-state index contributed by atoms with van der Waals surface area (Å²) in [6.45, 7) is 0.231. The highest BCUT2D eigenvalue weighted by atomic mass is 16.5. The third-order valence-electron chi connectivity index (χ3n) is 5.82. The molecule has 4 rings (SSSR count). The van der Waals surface area contributed by atoms with Gasteiger partial charge in [-0.2, -0.15) is 0 Å². The van der Waals surface area contributed by atoms with E-state index in [0.29, 0.717) is 22.3 Å². The number of nitrogens with one attached hydrogen (secondary N) is 2. The van der Waals surface area contributed by atoms with Crippen LogP contribution < -0.4 is 16.2 Å². The van der Waals surface area contributed by atoms with Crippen LogP contribution in [0.4, 0.5) is 0 Å². The van der Waals surface area contributed by atoms with Crippen molar-refractivity contribution in [2.75, 3.05) is 0 Å². The van der Waals surface area contributed by atoms with E-state index in [0.717, 1.165) is 16.6 Å². The van der Waals surface area contributed by atoms with Crippen molar-refractivity contribution in [3.63, 3.8) is 0 Å². The molecule has 0 bridgehead atoms. The zero-order valence-electron chi connectivity index (χ0n) is 19.3. The first-order valence-electron chi connectivity index (χ1n) is 11.2. The summed E-state index contributed by atoms with van der Waals surface area (Å²) < 4.78 is 11.2. The van der Waals surface area contributed by atoms with Gasteiger partial charge in [0.05, 0.1) is 6.04 Å². The molecule has 184 valence electrons. The van der Waals surface area contributed by atoms with Gasteiger partial charge in [0, 0.05) is 22.7 Å².